The zero-order valence-electron chi connectivity index (χ0n) is 15.6. The Kier molecular flexibility index (Phi) is 5.48. The third-order valence-electron chi connectivity index (χ3n) is 4.41. The van der Waals surface area contributed by atoms with Gasteiger partial charge >= 0.3 is 0 Å². The van der Waals surface area contributed by atoms with E-state index in [1.807, 2.05) is 48.5 Å². The van der Waals surface area contributed by atoms with Crippen molar-refractivity contribution >= 4 is 29.3 Å². The SMILES string of the molecule is COc1ccc(-c2n[nH]c(CNC(=O)CC3Sc4ccccc4NC3=O)n2)cc1. The Bertz CT molecular complexity index is 1030. The summed E-state index contributed by atoms with van der Waals surface area (Å²) in [6.45, 7) is 0.206. The van der Waals surface area contributed by atoms with Gasteiger partial charge in [-0.25, -0.2) is 4.98 Å². The number of aromatic nitrogens is 3. The van der Waals surface area contributed by atoms with Crippen LogP contribution in [0.2, 0.25) is 0 Å². The minimum atomic E-state index is -0.463. The van der Waals surface area contributed by atoms with E-state index in [0.717, 1.165) is 21.9 Å². The number of amides is 2. The van der Waals surface area contributed by atoms with Gasteiger partial charge in [-0.2, -0.15) is 5.10 Å². The van der Waals surface area contributed by atoms with E-state index in [0.29, 0.717) is 11.6 Å². The van der Waals surface area contributed by atoms with Crippen molar-refractivity contribution in [3.05, 3.63) is 54.4 Å². The fraction of sp³-hybridized carbons (Fsp3) is 0.200. The van der Waals surface area contributed by atoms with Crippen LogP contribution in [0.25, 0.3) is 11.4 Å². The molecule has 1 aliphatic heterocycles. The monoisotopic (exact) mass is 409 g/mol. The van der Waals surface area contributed by atoms with Crippen molar-refractivity contribution in [3.63, 3.8) is 0 Å². The molecule has 0 saturated carbocycles. The average Bonchev–Trinajstić information content (AvgIpc) is 3.22. The molecule has 29 heavy (non-hydrogen) atoms. The molecule has 2 aromatic carbocycles. The minimum absolute atomic E-state index is 0.0876. The normalized spacial score (nSPS) is 15.3. The van der Waals surface area contributed by atoms with E-state index in [9.17, 15) is 9.59 Å². The highest BCUT2D eigenvalue weighted by molar-refractivity contribution is 8.01. The van der Waals surface area contributed by atoms with Crippen molar-refractivity contribution < 1.29 is 14.3 Å². The topological polar surface area (TPSA) is 109 Å². The highest BCUT2D eigenvalue weighted by Crippen LogP contribution is 2.36. The molecule has 1 aliphatic rings. The summed E-state index contributed by atoms with van der Waals surface area (Å²) in [5, 5.41) is 12.2. The van der Waals surface area contributed by atoms with Crippen LogP contribution in [-0.4, -0.2) is 39.4 Å². The number of thioether (sulfide) groups is 1. The number of rotatable bonds is 6. The largest absolute Gasteiger partial charge is 0.497 e. The third-order valence-corrected chi connectivity index (χ3v) is 5.69. The van der Waals surface area contributed by atoms with Gasteiger partial charge in [0.2, 0.25) is 11.8 Å². The minimum Gasteiger partial charge on any atom is -0.497 e. The molecule has 1 atom stereocenters. The van der Waals surface area contributed by atoms with Crippen LogP contribution in [0, 0.1) is 0 Å². The third kappa shape index (κ3) is 4.40. The quantitative estimate of drug-likeness (QED) is 0.577. The van der Waals surface area contributed by atoms with Crippen molar-refractivity contribution in [2.24, 2.45) is 0 Å². The smallest absolute Gasteiger partial charge is 0.238 e. The van der Waals surface area contributed by atoms with Crippen molar-refractivity contribution in [2.75, 3.05) is 12.4 Å². The highest BCUT2D eigenvalue weighted by atomic mass is 32.2. The Morgan fingerprint density at radius 2 is 2.00 bits per heavy atom. The fourth-order valence-electron chi connectivity index (χ4n) is 2.89. The number of benzene rings is 2. The molecule has 3 aromatic rings. The van der Waals surface area contributed by atoms with Gasteiger partial charge in [0.1, 0.15) is 11.6 Å². The van der Waals surface area contributed by atoms with Gasteiger partial charge in [-0.05, 0) is 36.4 Å². The van der Waals surface area contributed by atoms with E-state index in [1.54, 1.807) is 7.11 Å². The number of H-pyrrole nitrogens is 1. The number of hydrogen-bond donors (Lipinski definition) is 3. The summed E-state index contributed by atoms with van der Waals surface area (Å²) in [6, 6.07) is 14.9. The summed E-state index contributed by atoms with van der Waals surface area (Å²) in [5.41, 5.74) is 1.63. The van der Waals surface area contributed by atoms with E-state index in [4.69, 9.17) is 4.74 Å². The number of carbonyl (C=O) groups excluding carboxylic acids is 2. The molecule has 3 N–H and O–H groups in total. The first kappa shape index (κ1) is 19.0. The molecule has 0 bridgehead atoms. The van der Waals surface area contributed by atoms with E-state index >= 15 is 0 Å². The molecule has 0 spiro atoms. The second kappa shape index (κ2) is 8.36. The number of fused-ring (bicyclic) bond motifs is 1. The number of hydrogen-bond acceptors (Lipinski definition) is 6. The predicted octanol–water partition coefficient (Wildman–Crippen LogP) is 2.60. The van der Waals surface area contributed by atoms with Crippen LogP contribution in [0.1, 0.15) is 12.2 Å². The van der Waals surface area contributed by atoms with Gasteiger partial charge in [0.15, 0.2) is 5.82 Å². The Hall–Kier alpha value is -3.33. The van der Waals surface area contributed by atoms with E-state index in [2.05, 4.69) is 25.8 Å². The lowest BCUT2D eigenvalue weighted by molar-refractivity contribution is -0.124. The lowest BCUT2D eigenvalue weighted by atomic mass is 10.2. The number of carbonyl (C=O) groups is 2. The second-order valence-corrected chi connectivity index (χ2v) is 7.65. The Morgan fingerprint density at radius 3 is 2.79 bits per heavy atom. The summed E-state index contributed by atoms with van der Waals surface area (Å²) in [4.78, 5) is 29.9. The number of aromatic amines is 1. The lowest BCUT2D eigenvalue weighted by Gasteiger charge is -2.23. The van der Waals surface area contributed by atoms with E-state index in [-0.39, 0.29) is 24.8 Å². The first-order valence-corrected chi connectivity index (χ1v) is 9.89. The molecule has 0 aliphatic carbocycles. The molecule has 4 rings (SSSR count). The van der Waals surface area contributed by atoms with Crippen molar-refractivity contribution in [1.82, 2.24) is 20.5 Å². The van der Waals surface area contributed by atoms with Gasteiger partial charge in [0, 0.05) is 16.9 Å². The van der Waals surface area contributed by atoms with Crippen molar-refractivity contribution in [3.8, 4) is 17.1 Å². The number of nitrogens with zero attached hydrogens (tertiary/aromatic N) is 2. The molecule has 1 unspecified atom stereocenters. The predicted molar refractivity (Wildman–Crippen MR) is 110 cm³/mol. The van der Waals surface area contributed by atoms with Crippen LogP contribution in [0.15, 0.2) is 53.4 Å². The molecule has 8 nitrogen and oxygen atoms in total. The summed E-state index contributed by atoms with van der Waals surface area (Å²) < 4.78 is 5.14. The standard InChI is InChI=1S/C20H19N5O3S/c1-28-13-8-6-12(7-9-13)19-23-17(24-25-19)11-21-18(26)10-16-20(27)22-14-4-2-3-5-15(14)29-16/h2-9,16H,10-11H2,1H3,(H,21,26)(H,22,27)(H,23,24,25). The molecule has 9 heteroatoms. The van der Waals surface area contributed by atoms with Gasteiger partial charge in [0.25, 0.3) is 0 Å². The Balaban J connectivity index is 1.32. The van der Waals surface area contributed by atoms with Gasteiger partial charge in [-0.1, -0.05) is 12.1 Å². The molecule has 0 radical (unpaired) electrons. The van der Waals surface area contributed by atoms with Gasteiger partial charge in [0.05, 0.1) is 24.6 Å². The molecule has 0 fully saturated rings. The maximum absolute atomic E-state index is 12.3. The summed E-state index contributed by atoms with van der Waals surface area (Å²) in [7, 11) is 1.61. The van der Waals surface area contributed by atoms with Gasteiger partial charge in [-0.3, -0.25) is 14.7 Å². The summed E-state index contributed by atoms with van der Waals surface area (Å²) in [6.07, 6.45) is 0.0876. The van der Waals surface area contributed by atoms with Gasteiger partial charge in [-0.15, -0.1) is 11.8 Å². The van der Waals surface area contributed by atoms with Crippen LogP contribution in [0.5, 0.6) is 5.75 Å². The van der Waals surface area contributed by atoms with Crippen LogP contribution in [-0.2, 0) is 16.1 Å². The summed E-state index contributed by atoms with van der Waals surface area (Å²) in [5.74, 6) is 1.44. The molecule has 0 saturated heterocycles. The Morgan fingerprint density at radius 1 is 1.21 bits per heavy atom. The van der Waals surface area contributed by atoms with Crippen molar-refractivity contribution in [2.45, 2.75) is 23.1 Å². The summed E-state index contributed by atoms with van der Waals surface area (Å²) >= 11 is 1.40. The first-order valence-electron chi connectivity index (χ1n) is 9.01. The number of nitrogens with one attached hydrogen (secondary N) is 3. The number of para-hydroxylation sites is 1. The van der Waals surface area contributed by atoms with E-state index < -0.39 is 5.25 Å². The highest BCUT2D eigenvalue weighted by Gasteiger charge is 2.28. The number of ether oxygens (including phenoxy) is 1. The average molecular weight is 409 g/mol. The fourth-order valence-corrected chi connectivity index (χ4v) is 4.00. The number of anilines is 1. The molecule has 2 heterocycles. The van der Waals surface area contributed by atoms with Crippen LogP contribution >= 0.6 is 11.8 Å². The van der Waals surface area contributed by atoms with Gasteiger partial charge < -0.3 is 15.4 Å². The maximum atomic E-state index is 12.3. The van der Waals surface area contributed by atoms with Crippen LogP contribution < -0.4 is 15.4 Å². The first-order chi connectivity index (χ1) is 14.1. The van der Waals surface area contributed by atoms with Crippen LogP contribution in [0.3, 0.4) is 0 Å². The molecule has 2 amide bonds. The second-order valence-electron chi connectivity index (χ2n) is 6.41. The van der Waals surface area contributed by atoms with Crippen molar-refractivity contribution in [1.29, 1.82) is 0 Å². The molecular formula is C20H19N5O3S. The zero-order valence-corrected chi connectivity index (χ0v) is 16.5. The zero-order chi connectivity index (χ0) is 20.2. The van der Waals surface area contributed by atoms with Crippen LogP contribution in [0.4, 0.5) is 5.69 Å². The molecule has 1 aromatic heterocycles. The number of methoxy groups -OCH3 is 1. The van der Waals surface area contributed by atoms with E-state index in [1.165, 1.54) is 11.8 Å². The molecular weight excluding hydrogens is 390 g/mol. The lowest BCUT2D eigenvalue weighted by Crippen LogP contribution is -2.34. The Labute approximate surface area is 171 Å². The molecule has 148 valence electrons. The maximum Gasteiger partial charge on any atom is 0.238 e.